The maximum absolute atomic E-state index is 12.8. The Morgan fingerprint density at radius 2 is 1.56 bits per heavy atom. The standard InChI is InChI=1S/C26H39N3O5/c1-17(2)11-13-33-25(31)21(27)9-10-24(30)29-23(26(32)34-14-12-18(3)4)15-19-16-28-22-8-6-5-7-20(19)22/h5-8,16-18,21,23,28H,9-15,27H2,1-4H3,(H,29,30)/t21?,23-/m0/s1. The monoisotopic (exact) mass is 473 g/mol. The molecule has 2 aromatic rings. The molecule has 1 aromatic carbocycles. The van der Waals surface area contributed by atoms with Gasteiger partial charge in [-0.15, -0.1) is 0 Å². The number of para-hydroxylation sites is 1. The van der Waals surface area contributed by atoms with Crippen molar-refractivity contribution in [2.24, 2.45) is 17.6 Å². The number of fused-ring (bicyclic) bond motifs is 1. The first-order valence-electron chi connectivity index (χ1n) is 12.1. The summed E-state index contributed by atoms with van der Waals surface area (Å²) in [5, 5.41) is 3.76. The summed E-state index contributed by atoms with van der Waals surface area (Å²) in [7, 11) is 0. The molecular weight excluding hydrogens is 434 g/mol. The number of hydrogen-bond donors (Lipinski definition) is 3. The minimum Gasteiger partial charge on any atom is -0.465 e. The van der Waals surface area contributed by atoms with Crippen molar-refractivity contribution in [2.45, 2.75) is 71.9 Å². The van der Waals surface area contributed by atoms with E-state index in [0.717, 1.165) is 29.3 Å². The van der Waals surface area contributed by atoms with Crippen LogP contribution in [0.5, 0.6) is 0 Å². The summed E-state index contributed by atoms with van der Waals surface area (Å²) in [6.45, 7) is 8.79. The van der Waals surface area contributed by atoms with E-state index in [1.807, 2.05) is 44.3 Å². The number of carbonyl (C=O) groups is 3. The zero-order valence-corrected chi connectivity index (χ0v) is 20.8. The number of carbonyl (C=O) groups excluding carboxylic acids is 3. The summed E-state index contributed by atoms with van der Waals surface area (Å²) in [6, 6.07) is 6.05. The Kier molecular flexibility index (Phi) is 11.1. The van der Waals surface area contributed by atoms with E-state index in [4.69, 9.17) is 15.2 Å². The molecule has 4 N–H and O–H groups in total. The Morgan fingerprint density at radius 1 is 0.941 bits per heavy atom. The van der Waals surface area contributed by atoms with E-state index in [1.165, 1.54) is 0 Å². The molecule has 8 nitrogen and oxygen atoms in total. The molecule has 8 heteroatoms. The predicted octanol–water partition coefficient (Wildman–Crippen LogP) is 3.48. The lowest BCUT2D eigenvalue weighted by Gasteiger charge is -2.19. The van der Waals surface area contributed by atoms with Crippen molar-refractivity contribution in [2.75, 3.05) is 13.2 Å². The number of aromatic nitrogens is 1. The lowest BCUT2D eigenvalue weighted by Crippen LogP contribution is -2.44. The van der Waals surface area contributed by atoms with Crippen LogP contribution >= 0.6 is 0 Å². The number of rotatable bonds is 14. The highest BCUT2D eigenvalue weighted by molar-refractivity contribution is 5.87. The number of esters is 2. The first kappa shape index (κ1) is 27.4. The topological polar surface area (TPSA) is 124 Å². The molecule has 0 fully saturated rings. The lowest BCUT2D eigenvalue weighted by molar-refractivity contribution is -0.148. The second-order valence-corrected chi connectivity index (χ2v) is 9.53. The van der Waals surface area contributed by atoms with E-state index < -0.39 is 24.0 Å². The normalized spacial score (nSPS) is 13.1. The van der Waals surface area contributed by atoms with Gasteiger partial charge in [-0.25, -0.2) is 4.79 Å². The third-order valence-corrected chi connectivity index (χ3v) is 5.58. The van der Waals surface area contributed by atoms with Crippen molar-refractivity contribution in [1.82, 2.24) is 10.3 Å². The van der Waals surface area contributed by atoms with Crippen molar-refractivity contribution in [1.29, 1.82) is 0 Å². The minimum absolute atomic E-state index is 0.00407. The van der Waals surface area contributed by atoms with Gasteiger partial charge in [0.15, 0.2) is 0 Å². The highest BCUT2D eigenvalue weighted by atomic mass is 16.5. The van der Waals surface area contributed by atoms with Crippen molar-refractivity contribution in [3.8, 4) is 0 Å². The minimum atomic E-state index is -0.886. The van der Waals surface area contributed by atoms with Gasteiger partial charge < -0.3 is 25.5 Å². The fourth-order valence-corrected chi connectivity index (χ4v) is 3.38. The molecule has 0 aliphatic heterocycles. The molecule has 1 aromatic heterocycles. The molecule has 1 heterocycles. The number of aromatic amines is 1. The molecular formula is C26H39N3O5. The molecule has 0 spiro atoms. The Balaban J connectivity index is 1.96. The molecule has 1 amide bonds. The third-order valence-electron chi connectivity index (χ3n) is 5.58. The number of H-pyrrole nitrogens is 1. The number of nitrogens with two attached hydrogens (primary N) is 1. The first-order valence-corrected chi connectivity index (χ1v) is 12.1. The van der Waals surface area contributed by atoms with Crippen LogP contribution < -0.4 is 11.1 Å². The fourth-order valence-electron chi connectivity index (χ4n) is 3.38. The van der Waals surface area contributed by atoms with Gasteiger partial charge in [-0.1, -0.05) is 45.9 Å². The Hall–Kier alpha value is -2.87. The molecule has 0 saturated heterocycles. The summed E-state index contributed by atoms with van der Waals surface area (Å²) in [4.78, 5) is 40.6. The number of amides is 1. The van der Waals surface area contributed by atoms with Crippen LogP contribution in [0.15, 0.2) is 30.5 Å². The molecule has 0 bridgehead atoms. The van der Waals surface area contributed by atoms with E-state index in [-0.39, 0.29) is 18.7 Å². The maximum atomic E-state index is 12.8. The number of nitrogens with one attached hydrogen (secondary N) is 2. The largest absolute Gasteiger partial charge is 0.465 e. The molecule has 34 heavy (non-hydrogen) atoms. The quantitative estimate of drug-likeness (QED) is 0.361. The van der Waals surface area contributed by atoms with Crippen LogP contribution in [0.4, 0.5) is 0 Å². The SMILES string of the molecule is CC(C)CCOC(=O)C(N)CCC(=O)N[C@@H](Cc1c[nH]c2ccccc12)C(=O)OCCC(C)C. The van der Waals surface area contributed by atoms with Crippen molar-refractivity contribution in [3.63, 3.8) is 0 Å². The summed E-state index contributed by atoms with van der Waals surface area (Å²) in [6.07, 6.45) is 3.77. The maximum Gasteiger partial charge on any atom is 0.328 e. The molecule has 2 rings (SSSR count). The second kappa shape index (κ2) is 13.7. The molecule has 0 radical (unpaired) electrons. The molecule has 188 valence electrons. The van der Waals surface area contributed by atoms with E-state index in [1.54, 1.807) is 0 Å². The lowest BCUT2D eigenvalue weighted by atomic mass is 10.0. The van der Waals surface area contributed by atoms with Crippen LogP contribution in [-0.2, 0) is 30.3 Å². The molecule has 0 saturated carbocycles. The van der Waals surface area contributed by atoms with Gasteiger partial charge in [-0.05, 0) is 42.7 Å². The number of benzene rings is 1. The average Bonchev–Trinajstić information content (AvgIpc) is 3.19. The van der Waals surface area contributed by atoms with Gasteiger partial charge in [0.05, 0.1) is 13.2 Å². The van der Waals surface area contributed by atoms with E-state index in [9.17, 15) is 14.4 Å². The highest BCUT2D eigenvalue weighted by Crippen LogP contribution is 2.19. The highest BCUT2D eigenvalue weighted by Gasteiger charge is 2.25. The Labute approximate surface area is 201 Å². The van der Waals surface area contributed by atoms with Crippen molar-refractivity contribution < 1.29 is 23.9 Å². The van der Waals surface area contributed by atoms with Gasteiger partial charge >= 0.3 is 11.9 Å². The van der Waals surface area contributed by atoms with Gasteiger partial charge in [0.25, 0.3) is 0 Å². The smallest absolute Gasteiger partial charge is 0.328 e. The van der Waals surface area contributed by atoms with Gasteiger partial charge in [0.1, 0.15) is 12.1 Å². The molecule has 0 aliphatic rings. The zero-order valence-electron chi connectivity index (χ0n) is 20.8. The van der Waals surface area contributed by atoms with Gasteiger partial charge in [0.2, 0.25) is 5.91 Å². The zero-order chi connectivity index (χ0) is 25.1. The predicted molar refractivity (Wildman–Crippen MR) is 132 cm³/mol. The number of hydrogen-bond acceptors (Lipinski definition) is 6. The number of ether oxygens (including phenoxy) is 2. The summed E-state index contributed by atoms with van der Waals surface area (Å²) < 4.78 is 10.6. The van der Waals surface area contributed by atoms with Crippen LogP contribution in [0.1, 0.15) is 58.9 Å². The van der Waals surface area contributed by atoms with Crippen LogP contribution in [-0.4, -0.2) is 48.1 Å². The van der Waals surface area contributed by atoms with Crippen LogP contribution in [0.3, 0.4) is 0 Å². The molecule has 1 unspecified atom stereocenters. The summed E-state index contributed by atoms with van der Waals surface area (Å²) in [5.74, 6) is -0.537. The van der Waals surface area contributed by atoms with Gasteiger partial charge in [-0.3, -0.25) is 9.59 Å². The Bertz CT molecular complexity index is 937. The second-order valence-electron chi connectivity index (χ2n) is 9.53. The third kappa shape index (κ3) is 9.17. The fraction of sp³-hybridized carbons (Fsp3) is 0.577. The van der Waals surface area contributed by atoms with Crippen LogP contribution in [0.25, 0.3) is 10.9 Å². The average molecular weight is 474 g/mol. The van der Waals surface area contributed by atoms with Crippen molar-refractivity contribution >= 4 is 28.7 Å². The summed E-state index contributed by atoms with van der Waals surface area (Å²) >= 11 is 0. The van der Waals surface area contributed by atoms with Crippen LogP contribution in [0.2, 0.25) is 0 Å². The van der Waals surface area contributed by atoms with Crippen molar-refractivity contribution in [3.05, 3.63) is 36.0 Å². The first-order chi connectivity index (χ1) is 16.2. The van der Waals surface area contributed by atoms with Crippen LogP contribution in [0, 0.1) is 11.8 Å². The van der Waals surface area contributed by atoms with Gasteiger partial charge in [-0.2, -0.15) is 0 Å². The van der Waals surface area contributed by atoms with Gasteiger partial charge in [0, 0.05) is 29.9 Å². The Morgan fingerprint density at radius 3 is 2.21 bits per heavy atom. The summed E-state index contributed by atoms with van der Waals surface area (Å²) in [5.41, 5.74) is 7.75. The van der Waals surface area contributed by atoms with E-state index >= 15 is 0 Å². The van der Waals surface area contributed by atoms with E-state index in [2.05, 4.69) is 24.1 Å². The molecule has 0 aliphatic carbocycles. The molecule has 2 atom stereocenters. The van der Waals surface area contributed by atoms with E-state index in [0.29, 0.717) is 31.5 Å².